The van der Waals surface area contributed by atoms with Gasteiger partial charge in [0, 0.05) is 24.3 Å². The summed E-state index contributed by atoms with van der Waals surface area (Å²) in [5.41, 5.74) is 4.09. The lowest BCUT2D eigenvalue weighted by atomic mass is 10.1. The van der Waals surface area contributed by atoms with Crippen LogP contribution in [0.5, 0.6) is 5.75 Å². The number of carbonyl (C=O) groups excluding carboxylic acids is 2. The SMILES string of the molecule is C\C=C/N=C\C=C\CNC(=O)c1ccc(C(=O)N/N=C(\C)c2csc(-c3ccc(Cl)c(Cl)c3)c2O)s1. The molecule has 3 N–H and O–H groups in total. The lowest BCUT2D eigenvalue weighted by Gasteiger charge is -2.04. The minimum Gasteiger partial charge on any atom is -0.506 e. The van der Waals surface area contributed by atoms with Crippen molar-refractivity contribution in [2.24, 2.45) is 10.1 Å². The quantitative estimate of drug-likeness (QED) is 0.204. The lowest BCUT2D eigenvalue weighted by molar-refractivity contribution is 0.0953. The number of benzene rings is 1. The highest BCUT2D eigenvalue weighted by atomic mass is 35.5. The third kappa shape index (κ3) is 7.14. The number of allylic oxidation sites excluding steroid dienone is 2. The van der Waals surface area contributed by atoms with Crippen LogP contribution in [0.1, 0.15) is 38.8 Å². The Hall–Kier alpha value is -3.24. The highest BCUT2D eigenvalue weighted by molar-refractivity contribution is 7.16. The Morgan fingerprint density at radius 1 is 1.11 bits per heavy atom. The molecule has 0 bridgehead atoms. The first kappa shape index (κ1) is 27.3. The number of rotatable bonds is 9. The van der Waals surface area contributed by atoms with Crippen LogP contribution in [0.15, 0.2) is 70.2 Å². The zero-order valence-electron chi connectivity index (χ0n) is 19.3. The number of hydrogen-bond acceptors (Lipinski definition) is 7. The van der Waals surface area contributed by atoms with Crippen molar-refractivity contribution in [2.75, 3.05) is 6.54 Å². The minimum absolute atomic E-state index is 0.0334. The number of aliphatic imine (C=N–C) groups is 1. The van der Waals surface area contributed by atoms with E-state index < -0.39 is 5.91 Å². The van der Waals surface area contributed by atoms with Gasteiger partial charge >= 0.3 is 0 Å². The summed E-state index contributed by atoms with van der Waals surface area (Å²) in [6.07, 6.45) is 8.57. The van der Waals surface area contributed by atoms with E-state index in [0.29, 0.717) is 42.5 Å². The van der Waals surface area contributed by atoms with Gasteiger partial charge in [-0.15, -0.1) is 22.7 Å². The maximum atomic E-state index is 12.5. The van der Waals surface area contributed by atoms with Crippen LogP contribution in [0.25, 0.3) is 10.4 Å². The highest BCUT2D eigenvalue weighted by Gasteiger charge is 2.17. The Labute approximate surface area is 226 Å². The Balaban J connectivity index is 1.60. The maximum absolute atomic E-state index is 12.5. The Morgan fingerprint density at radius 2 is 1.86 bits per heavy atom. The third-order valence-corrected chi connectivity index (χ3v) is 7.48. The second kappa shape index (κ2) is 13.2. The summed E-state index contributed by atoms with van der Waals surface area (Å²) in [7, 11) is 0. The van der Waals surface area contributed by atoms with Crippen molar-refractivity contribution in [1.82, 2.24) is 10.7 Å². The molecule has 36 heavy (non-hydrogen) atoms. The van der Waals surface area contributed by atoms with Gasteiger partial charge in [0.2, 0.25) is 0 Å². The molecule has 3 aromatic rings. The van der Waals surface area contributed by atoms with E-state index in [1.807, 2.05) is 13.0 Å². The summed E-state index contributed by atoms with van der Waals surface area (Å²) in [4.78, 5) is 30.1. The molecular weight excluding hydrogens is 539 g/mol. The van der Waals surface area contributed by atoms with E-state index in [0.717, 1.165) is 16.9 Å². The smallest absolute Gasteiger partial charge is 0.281 e. The molecule has 0 saturated carbocycles. The number of hydrazone groups is 1. The summed E-state index contributed by atoms with van der Waals surface area (Å²) >= 11 is 14.4. The maximum Gasteiger partial charge on any atom is 0.281 e. The second-order valence-corrected chi connectivity index (χ2v) is 9.95. The van der Waals surface area contributed by atoms with Crippen molar-refractivity contribution in [3.8, 4) is 16.2 Å². The van der Waals surface area contributed by atoms with Gasteiger partial charge in [0.1, 0.15) is 5.75 Å². The summed E-state index contributed by atoms with van der Waals surface area (Å²) in [5.74, 6) is -0.712. The fourth-order valence-electron chi connectivity index (χ4n) is 2.84. The molecule has 1 aromatic carbocycles. The molecule has 0 aliphatic carbocycles. The number of hydrogen-bond donors (Lipinski definition) is 3. The van der Waals surface area contributed by atoms with E-state index in [2.05, 4.69) is 20.8 Å². The Morgan fingerprint density at radius 3 is 2.58 bits per heavy atom. The first-order chi connectivity index (χ1) is 17.3. The van der Waals surface area contributed by atoms with Crippen LogP contribution < -0.4 is 10.7 Å². The van der Waals surface area contributed by atoms with E-state index in [1.54, 1.807) is 67.2 Å². The van der Waals surface area contributed by atoms with Gasteiger partial charge in [-0.25, -0.2) is 5.43 Å². The molecule has 186 valence electrons. The van der Waals surface area contributed by atoms with Crippen LogP contribution in [-0.2, 0) is 0 Å². The first-order valence-electron chi connectivity index (χ1n) is 10.6. The van der Waals surface area contributed by atoms with Crippen molar-refractivity contribution in [2.45, 2.75) is 13.8 Å². The summed E-state index contributed by atoms with van der Waals surface area (Å²) in [5, 5.41) is 20.1. The lowest BCUT2D eigenvalue weighted by Crippen LogP contribution is -2.22. The largest absolute Gasteiger partial charge is 0.506 e. The van der Waals surface area contributed by atoms with Gasteiger partial charge in [0.05, 0.1) is 36.0 Å². The van der Waals surface area contributed by atoms with Gasteiger partial charge in [-0.05, 0) is 49.8 Å². The number of carbonyl (C=O) groups is 2. The van der Waals surface area contributed by atoms with Crippen molar-refractivity contribution in [1.29, 1.82) is 0 Å². The summed E-state index contributed by atoms with van der Waals surface area (Å²) in [6.45, 7) is 3.87. The van der Waals surface area contributed by atoms with Crippen molar-refractivity contribution in [3.05, 3.63) is 85.5 Å². The predicted octanol–water partition coefficient (Wildman–Crippen LogP) is 6.53. The van der Waals surface area contributed by atoms with Crippen molar-refractivity contribution < 1.29 is 14.7 Å². The Bertz CT molecular complexity index is 1370. The van der Waals surface area contributed by atoms with Crippen LogP contribution >= 0.6 is 45.9 Å². The van der Waals surface area contributed by atoms with E-state index in [9.17, 15) is 14.7 Å². The topological polar surface area (TPSA) is 103 Å². The van der Waals surface area contributed by atoms with E-state index in [1.165, 1.54) is 11.3 Å². The molecule has 0 aliphatic rings. The molecule has 0 fully saturated rings. The van der Waals surface area contributed by atoms with Gasteiger partial charge < -0.3 is 10.4 Å². The van der Waals surface area contributed by atoms with Gasteiger partial charge in [0.25, 0.3) is 11.8 Å². The predicted molar refractivity (Wildman–Crippen MR) is 150 cm³/mol. The monoisotopic (exact) mass is 560 g/mol. The van der Waals surface area contributed by atoms with E-state index >= 15 is 0 Å². The van der Waals surface area contributed by atoms with Crippen LogP contribution in [0.4, 0.5) is 0 Å². The molecule has 3 rings (SSSR count). The average molecular weight is 562 g/mol. The van der Waals surface area contributed by atoms with E-state index in [-0.39, 0.29) is 11.7 Å². The van der Waals surface area contributed by atoms with Crippen LogP contribution in [0.2, 0.25) is 10.0 Å². The fraction of sp³-hybridized carbons (Fsp3) is 0.120. The number of aromatic hydroxyl groups is 1. The zero-order valence-corrected chi connectivity index (χ0v) is 22.4. The molecule has 2 aromatic heterocycles. The number of nitrogens with zero attached hydrogens (tertiary/aromatic N) is 2. The second-order valence-electron chi connectivity index (χ2n) is 7.18. The average Bonchev–Trinajstić information content (AvgIpc) is 3.51. The van der Waals surface area contributed by atoms with Crippen LogP contribution in [0.3, 0.4) is 0 Å². The first-order valence-corrected chi connectivity index (χ1v) is 13.1. The zero-order chi connectivity index (χ0) is 26.1. The normalized spacial score (nSPS) is 12.2. The van der Waals surface area contributed by atoms with Crippen molar-refractivity contribution in [3.63, 3.8) is 0 Å². The van der Waals surface area contributed by atoms with Crippen LogP contribution in [-0.4, -0.2) is 35.4 Å². The molecule has 0 atom stereocenters. The number of nitrogens with one attached hydrogen (secondary N) is 2. The molecule has 11 heteroatoms. The van der Waals surface area contributed by atoms with Gasteiger partial charge in [0.15, 0.2) is 0 Å². The molecule has 2 heterocycles. The Kier molecular flexibility index (Phi) is 10.0. The summed E-state index contributed by atoms with van der Waals surface area (Å²) < 4.78 is 0. The molecule has 2 amide bonds. The molecule has 0 spiro atoms. The minimum atomic E-state index is -0.460. The number of amides is 2. The van der Waals surface area contributed by atoms with E-state index in [4.69, 9.17) is 23.2 Å². The molecule has 0 unspecified atom stereocenters. The standard InChI is InChI=1S/C25H22Cl2N4O3S2/c1-3-10-28-11-4-5-12-29-24(33)20-8-9-21(36-20)25(34)31-30-15(2)17-14-35-23(22(17)32)16-6-7-18(26)19(27)13-16/h3-11,13-14,32H,12H2,1-2H3,(H,29,33)(H,31,34)/b5-4+,10-3-,28-11-,30-15+. The molecule has 7 nitrogen and oxygen atoms in total. The van der Waals surface area contributed by atoms with Gasteiger partial charge in [-0.3, -0.25) is 14.6 Å². The highest BCUT2D eigenvalue weighted by Crippen LogP contribution is 2.40. The molecule has 0 aliphatic heterocycles. The molecular formula is C25H22Cl2N4O3S2. The van der Waals surface area contributed by atoms with Gasteiger partial charge in [-0.1, -0.05) is 41.4 Å². The summed E-state index contributed by atoms with van der Waals surface area (Å²) in [6, 6.07) is 8.24. The number of halogens is 2. The molecule has 0 saturated heterocycles. The van der Waals surface area contributed by atoms with Gasteiger partial charge in [-0.2, -0.15) is 5.10 Å². The van der Waals surface area contributed by atoms with Crippen molar-refractivity contribution >= 4 is 69.6 Å². The van der Waals surface area contributed by atoms with Crippen LogP contribution in [0, 0.1) is 0 Å². The number of thiophene rings is 2. The third-order valence-electron chi connectivity index (χ3n) is 4.64. The molecule has 0 radical (unpaired) electrons. The fourth-order valence-corrected chi connectivity index (χ4v) is 4.95.